The van der Waals surface area contributed by atoms with Gasteiger partial charge in [0.25, 0.3) is 0 Å². The van der Waals surface area contributed by atoms with Crippen LogP contribution < -0.4 is 0 Å². The molecule has 1 N–H and O–H groups in total. The van der Waals surface area contributed by atoms with Gasteiger partial charge in [0.2, 0.25) is 0 Å². The van der Waals surface area contributed by atoms with Crippen LogP contribution in [0.4, 0.5) is 0 Å². The van der Waals surface area contributed by atoms with Gasteiger partial charge in [-0.05, 0) is 26.8 Å². The molecule has 0 amide bonds. The Morgan fingerprint density at radius 1 is 1.29 bits per heavy atom. The molecule has 0 saturated carbocycles. The van der Waals surface area contributed by atoms with Crippen molar-refractivity contribution in [3.63, 3.8) is 0 Å². The summed E-state index contributed by atoms with van der Waals surface area (Å²) >= 11 is 0. The molecule has 0 aromatic rings. The highest BCUT2D eigenvalue weighted by Gasteiger charge is 2.26. The van der Waals surface area contributed by atoms with Crippen LogP contribution >= 0.6 is 0 Å². The molecule has 1 saturated heterocycles. The molecule has 3 atom stereocenters. The van der Waals surface area contributed by atoms with Crippen LogP contribution in [0.1, 0.15) is 20.8 Å². The topological polar surface area (TPSA) is 26.7 Å². The lowest BCUT2D eigenvalue weighted by molar-refractivity contribution is 0.0457. The van der Waals surface area contributed by atoms with Gasteiger partial charge in [0.1, 0.15) is 0 Å². The fraction of sp³-hybridized carbons (Fsp3) is 1.00. The van der Waals surface area contributed by atoms with E-state index in [1.807, 2.05) is 0 Å². The first kappa shape index (κ1) is 12.0. The van der Waals surface area contributed by atoms with Crippen molar-refractivity contribution in [2.45, 2.75) is 32.9 Å². The first-order valence-electron chi connectivity index (χ1n) is 5.59. The molecule has 1 heterocycles. The predicted octanol–water partition coefficient (Wildman–Crippen LogP) is 0.639. The Hall–Kier alpha value is -0.120. The summed E-state index contributed by atoms with van der Waals surface area (Å²) in [5.74, 6) is 0.401. The largest absolute Gasteiger partial charge is 0.396 e. The minimum atomic E-state index is 0.301. The highest BCUT2D eigenvalue weighted by molar-refractivity contribution is 4.83. The zero-order chi connectivity index (χ0) is 10.7. The summed E-state index contributed by atoms with van der Waals surface area (Å²) in [7, 11) is 2.20. The lowest BCUT2D eigenvalue weighted by Gasteiger charge is -2.43. The molecule has 84 valence electrons. The van der Waals surface area contributed by atoms with Crippen LogP contribution in [0.5, 0.6) is 0 Å². The molecule has 1 rings (SSSR count). The molecule has 0 aliphatic carbocycles. The molecule has 1 aliphatic heterocycles. The van der Waals surface area contributed by atoms with Gasteiger partial charge in [0.05, 0.1) is 0 Å². The minimum absolute atomic E-state index is 0.301. The first-order chi connectivity index (χ1) is 6.54. The number of nitrogens with zero attached hydrogens (tertiary/aromatic N) is 2. The normalized spacial score (nSPS) is 33.2. The highest BCUT2D eigenvalue weighted by Crippen LogP contribution is 2.14. The third-order valence-corrected chi connectivity index (χ3v) is 3.32. The Bertz CT molecular complexity index is 160. The molecule has 0 radical (unpaired) electrons. The second kappa shape index (κ2) is 5.10. The van der Waals surface area contributed by atoms with E-state index >= 15 is 0 Å². The van der Waals surface area contributed by atoms with Crippen molar-refractivity contribution in [3.05, 3.63) is 0 Å². The molecular formula is C11H24N2O. The van der Waals surface area contributed by atoms with Crippen molar-refractivity contribution in [2.75, 3.05) is 33.3 Å². The lowest BCUT2D eigenvalue weighted by Crippen LogP contribution is -2.55. The summed E-state index contributed by atoms with van der Waals surface area (Å²) in [6, 6.07) is 1.26. The Kier molecular flexibility index (Phi) is 4.35. The van der Waals surface area contributed by atoms with Crippen LogP contribution in [-0.2, 0) is 0 Å². The van der Waals surface area contributed by atoms with E-state index < -0.39 is 0 Å². The summed E-state index contributed by atoms with van der Waals surface area (Å²) in [5, 5.41) is 9.01. The summed E-state index contributed by atoms with van der Waals surface area (Å²) < 4.78 is 0. The molecule has 1 aliphatic rings. The van der Waals surface area contributed by atoms with Crippen molar-refractivity contribution in [1.82, 2.24) is 9.80 Å². The zero-order valence-corrected chi connectivity index (χ0v) is 9.90. The monoisotopic (exact) mass is 200 g/mol. The Balaban J connectivity index is 2.41. The van der Waals surface area contributed by atoms with Gasteiger partial charge in [-0.25, -0.2) is 0 Å². The second-order valence-electron chi connectivity index (χ2n) is 4.87. The number of rotatable bonds is 3. The Morgan fingerprint density at radius 2 is 1.79 bits per heavy atom. The smallest absolute Gasteiger partial charge is 0.0468 e. The van der Waals surface area contributed by atoms with Crippen molar-refractivity contribution in [3.8, 4) is 0 Å². The minimum Gasteiger partial charge on any atom is -0.396 e. The van der Waals surface area contributed by atoms with Gasteiger partial charge in [-0.2, -0.15) is 0 Å². The fourth-order valence-corrected chi connectivity index (χ4v) is 2.16. The van der Waals surface area contributed by atoms with Crippen molar-refractivity contribution < 1.29 is 5.11 Å². The molecule has 0 aromatic heterocycles. The first-order valence-corrected chi connectivity index (χ1v) is 5.59. The molecule has 0 aromatic carbocycles. The summed E-state index contributed by atoms with van der Waals surface area (Å²) in [6.45, 7) is 10.2. The maximum Gasteiger partial charge on any atom is 0.0468 e. The third-order valence-electron chi connectivity index (χ3n) is 3.32. The number of aliphatic hydroxyl groups is 1. The van der Waals surface area contributed by atoms with Gasteiger partial charge in [0.15, 0.2) is 0 Å². The fourth-order valence-electron chi connectivity index (χ4n) is 2.16. The Morgan fingerprint density at radius 3 is 2.21 bits per heavy atom. The number of piperazine rings is 1. The molecule has 3 heteroatoms. The van der Waals surface area contributed by atoms with Gasteiger partial charge in [-0.1, -0.05) is 6.92 Å². The molecule has 3 nitrogen and oxygen atoms in total. The maximum absolute atomic E-state index is 9.01. The highest BCUT2D eigenvalue weighted by atomic mass is 16.3. The van der Waals surface area contributed by atoms with Crippen molar-refractivity contribution in [2.24, 2.45) is 5.92 Å². The van der Waals surface area contributed by atoms with E-state index in [9.17, 15) is 0 Å². The van der Waals surface area contributed by atoms with Crippen LogP contribution in [0.3, 0.4) is 0 Å². The van der Waals surface area contributed by atoms with Crippen LogP contribution in [0.2, 0.25) is 0 Å². The second-order valence-corrected chi connectivity index (χ2v) is 4.87. The summed E-state index contributed by atoms with van der Waals surface area (Å²) in [4.78, 5) is 4.90. The van der Waals surface area contributed by atoms with E-state index in [2.05, 4.69) is 37.6 Å². The Labute approximate surface area is 87.7 Å². The summed E-state index contributed by atoms with van der Waals surface area (Å²) in [5.41, 5.74) is 0. The van der Waals surface area contributed by atoms with E-state index in [-0.39, 0.29) is 0 Å². The number of aliphatic hydroxyl groups excluding tert-OH is 1. The van der Waals surface area contributed by atoms with Crippen LogP contribution in [-0.4, -0.2) is 60.3 Å². The molecule has 0 spiro atoms. The molecule has 1 unspecified atom stereocenters. The number of hydrogen-bond acceptors (Lipinski definition) is 3. The number of hydrogen-bond donors (Lipinski definition) is 1. The molecule has 14 heavy (non-hydrogen) atoms. The third kappa shape index (κ3) is 2.94. The molecule has 1 fully saturated rings. The van der Waals surface area contributed by atoms with E-state index in [4.69, 9.17) is 5.11 Å². The predicted molar refractivity (Wildman–Crippen MR) is 59.4 cm³/mol. The van der Waals surface area contributed by atoms with E-state index in [1.165, 1.54) is 0 Å². The quantitative estimate of drug-likeness (QED) is 0.724. The van der Waals surface area contributed by atoms with Crippen LogP contribution in [0, 0.1) is 5.92 Å². The van der Waals surface area contributed by atoms with Crippen molar-refractivity contribution >= 4 is 0 Å². The maximum atomic E-state index is 9.01. The number of likely N-dealkylation sites (N-methyl/N-ethyl adjacent to an activating group) is 1. The van der Waals surface area contributed by atoms with E-state index in [1.54, 1.807) is 0 Å². The van der Waals surface area contributed by atoms with Crippen LogP contribution in [0.25, 0.3) is 0 Å². The van der Waals surface area contributed by atoms with Crippen molar-refractivity contribution in [1.29, 1.82) is 0 Å². The zero-order valence-electron chi connectivity index (χ0n) is 9.90. The molecule has 0 bridgehead atoms. The van der Waals surface area contributed by atoms with Crippen LogP contribution in [0.15, 0.2) is 0 Å². The average Bonchev–Trinajstić information content (AvgIpc) is 2.14. The van der Waals surface area contributed by atoms with Gasteiger partial charge in [-0.15, -0.1) is 0 Å². The standard InChI is InChI=1S/C11H24N2O/c1-9(8-14)5-13-6-10(2)12(4)11(3)7-13/h9-11,14H,5-8H2,1-4H3/t9?,10-,11+. The summed E-state index contributed by atoms with van der Waals surface area (Å²) in [6.07, 6.45) is 0. The average molecular weight is 200 g/mol. The SMILES string of the molecule is CC(CO)CN1C[C@@H](C)N(C)[C@@H](C)C1. The van der Waals surface area contributed by atoms with Gasteiger partial charge in [-0.3, -0.25) is 9.80 Å². The van der Waals surface area contributed by atoms with Gasteiger partial charge in [0, 0.05) is 38.3 Å². The molecular weight excluding hydrogens is 176 g/mol. The lowest BCUT2D eigenvalue weighted by atomic mass is 10.1. The van der Waals surface area contributed by atoms with E-state index in [0.29, 0.717) is 24.6 Å². The van der Waals surface area contributed by atoms with E-state index in [0.717, 1.165) is 19.6 Å². The van der Waals surface area contributed by atoms with Gasteiger partial charge < -0.3 is 5.11 Å². The van der Waals surface area contributed by atoms with Gasteiger partial charge >= 0.3 is 0 Å².